The van der Waals surface area contributed by atoms with Crippen LogP contribution in [0.2, 0.25) is 0 Å². The molecule has 2 aliphatic heterocycles. The first-order valence-electron chi connectivity index (χ1n) is 7.77. The van der Waals surface area contributed by atoms with Crippen LogP contribution in [-0.4, -0.2) is 48.8 Å². The second kappa shape index (κ2) is 5.10. The van der Waals surface area contributed by atoms with Crippen molar-refractivity contribution in [1.29, 1.82) is 0 Å². The van der Waals surface area contributed by atoms with Crippen molar-refractivity contribution in [2.45, 2.75) is 64.3 Å². The molecule has 2 heterocycles. The Morgan fingerprint density at radius 1 is 1.22 bits per heavy atom. The Morgan fingerprint density at radius 3 is 2.67 bits per heavy atom. The van der Waals surface area contributed by atoms with Crippen LogP contribution in [0.3, 0.4) is 0 Å². The van der Waals surface area contributed by atoms with Crippen molar-refractivity contribution in [2.75, 3.05) is 19.7 Å². The quantitative estimate of drug-likeness (QED) is 0.830. The van der Waals surface area contributed by atoms with E-state index in [4.69, 9.17) is 4.74 Å². The van der Waals surface area contributed by atoms with Gasteiger partial charge in [0.2, 0.25) is 0 Å². The lowest BCUT2D eigenvalue weighted by Crippen LogP contribution is -2.61. The first-order chi connectivity index (χ1) is 8.66. The maximum absolute atomic E-state index is 6.04. The summed E-state index contributed by atoms with van der Waals surface area (Å²) in [6.07, 6.45) is 4.58. The molecule has 3 rings (SSSR count). The van der Waals surface area contributed by atoms with Crippen LogP contribution in [0.25, 0.3) is 0 Å². The molecule has 104 valence electrons. The fourth-order valence-electron chi connectivity index (χ4n) is 3.79. The highest BCUT2D eigenvalue weighted by Crippen LogP contribution is 2.41. The lowest BCUT2D eigenvalue weighted by atomic mass is 9.93. The third kappa shape index (κ3) is 2.45. The minimum atomic E-state index is 0.538. The molecule has 0 bridgehead atoms. The number of nitrogens with one attached hydrogen (secondary N) is 1. The van der Waals surface area contributed by atoms with Crippen LogP contribution >= 0.6 is 0 Å². The van der Waals surface area contributed by atoms with E-state index in [9.17, 15) is 0 Å². The number of hydrogen-bond donors (Lipinski definition) is 1. The molecule has 0 aromatic carbocycles. The molecule has 3 aliphatic rings. The number of nitrogens with zero attached hydrogens (tertiary/aromatic N) is 1. The van der Waals surface area contributed by atoms with E-state index in [2.05, 4.69) is 31.0 Å². The fraction of sp³-hybridized carbons (Fsp3) is 1.00. The zero-order chi connectivity index (χ0) is 12.7. The van der Waals surface area contributed by atoms with Crippen LogP contribution in [0, 0.1) is 11.8 Å². The van der Waals surface area contributed by atoms with E-state index in [0.29, 0.717) is 24.2 Å². The van der Waals surface area contributed by atoms with Gasteiger partial charge in [-0.3, -0.25) is 4.90 Å². The molecule has 0 aromatic heterocycles. The minimum absolute atomic E-state index is 0.538. The fourth-order valence-corrected chi connectivity index (χ4v) is 3.79. The first kappa shape index (κ1) is 12.9. The molecule has 1 saturated carbocycles. The lowest BCUT2D eigenvalue weighted by molar-refractivity contribution is 0.00199. The van der Waals surface area contributed by atoms with Gasteiger partial charge in [0.05, 0.1) is 6.10 Å². The average molecular weight is 252 g/mol. The molecular formula is C15H28N2O. The summed E-state index contributed by atoms with van der Waals surface area (Å²) >= 11 is 0. The SMILES string of the molecule is CC1CN(C2CCOC2C2CC2)C(C(C)C)CN1. The van der Waals surface area contributed by atoms with E-state index >= 15 is 0 Å². The van der Waals surface area contributed by atoms with Crippen LogP contribution in [-0.2, 0) is 4.74 Å². The number of ether oxygens (including phenoxy) is 1. The zero-order valence-electron chi connectivity index (χ0n) is 12.1. The van der Waals surface area contributed by atoms with Gasteiger partial charge in [-0.15, -0.1) is 0 Å². The molecule has 3 heteroatoms. The van der Waals surface area contributed by atoms with E-state index in [1.807, 2.05) is 0 Å². The van der Waals surface area contributed by atoms with E-state index < -0.39 is 0 Å². The zero-order valence-corrected chi connectivity index (χ0v) is 12.1. The molecule has 4 unspecified atom stereocenters. The monoisotopic (exact) mass is 252 g/mol. The summed E-state index contributed by atoms with van der Waals surface area (Å²) in [5, 5.41) is 3.64. The van der Waals surface area contributed by atoms with E-state index in [1.54, 1.807) is 0 Å². The topological polar surface area (TPSA) is 24.5 Å². The maximum Gasteiger partial charge on any atom is 0.0759 e. The van der Waals surface area contributed by atoms with Gasteiger partial charge in [-0.2, -0.15) is 0 Å². The van der Waals surface area contributed by atoms with Gasteiger partial charge < -0.3 is 10.1 Å². The van der Waals surface area contributed by atoms with Gasteiger partial charge in [-0.05, 0) is 38.0 Å². The van der Waals surface area contributed by atoms with Crippen LogP contribution in [0.1, 0.15) is 40.0 Å². The molecule has 1 aliphatic carbocycles. The van der Waals surface area contributed by atoms with Crippen molar-refractivity contribution < 1.29 is 4.74 Å². The molecule has 3 fully saturated rings. The van der Waals surface area contributed by atoms with E-state index in [-0.39, 0.29) is 0 Å². The van der Waals surface area contributed by atoms with E-state index in [1.165, 1.54) is 25.8 Å². The van der Waals surface area contributed by atoms with Gasteiger partial charge in [0.25, 0.3) is 0 Å². The predicted octanol–water partition coefficient (Wildman–Crippen LogP) is 1.87. The Labute approximate surface area is 111 Å². The standard InChI is InChI=1S/C15H28N2O/c1-10(2)14-8-16-11(3)9-17(14)13-6-7-18-15(13)12-4-5-12/h10-16H,4-9H2,1-3H3. The highest BCUT2D eigenvalue weighted by atomic mass is 16.5. The number of rotatable bonds is 3. The van der Waals surface area contributed by atoms with E-state index in [0.717, 1.165) is 25.0 Å². The summed E-state index contributed by atoms with van der Waals surface area (Å²) in [5.41, 5.74) is 0. The molecule has 18 heavy (non-hydrogen) atoms. The molecular weight excluding hydrogens is 224 g/mol. The molecule has 2 saturated heterocycles. The van der Waals surface area contributed by atoms with Crippen LogP contribution < -0.4 is 5.32 Å². The third-order valence-electron chi connectivity index (χ3n) is 4.97. The third-order valence-corrected chi connectivity index (χ3v) is 4.97. The summed E-state index contributed by atoms with van der Waals surface area (Å²) in [5.74, 6) is 1.60. The Hall–Kier alpha value is -0.120. The molecule has 0 spiro atoms. The van der Waals surface area contributed by atoms with Crippen LogP contribution in [0.15, 0.2) is 0 Å². The smallest absolute Gasteiger partial charge is 0.0759 e. The summed E-state index contributed by atoms with van der Waals surface area (Å²) in [6, 6.07) is 2.00. The van der Waals surface area contributed by atoms with Gasteiger partial charge in [0, 0.05) is 37.8 Å². The molecule has 3 nitrogen and oxygen atoms in total. The molecule has 1 N–H and O–H groups in total. The van der Waals surface area contributed by atoms with Crippen molar-refractivity contribution in [3.63, 3.8) is 0 Å². The van der Waals surface area contributed by atoms with Crippen molar-refractivity contribution in [1.82, 2.24) is 10.2 Å². The molecule has 0 aromatic rings. The van der Waals surface area contributed by atoms with Crippen LogP contribution in [0.4, 0.5) is 0 Å². The molecule has 0 radical (unpaired) electrons. The Balaban J connectivity index is 1.73. The van der Waals surface area contributed by atoms with Gasteiger partial charge in [-0.25, -0.2) is 0 Å². The largest absolute Gasteiger partial charge is 0.376 e. The second-order valence-corrected chi connectivity index (χ2v) is 6.85. The predicted molar refractivity (Wildman–Crippen MR) is 73.7 cm³/mol. The van der Waals surface area contributed by atoms with Crippen molar-refractivity contribution in [3.05, 3.63) is 0 Å². The Morgan fingerprint density at radius 2 is 2.00 bits per heavy atom. The minimum Gasteiger partial charge on any atom is -0.376 e. The summed E-state index contributed by atoms with van der Waals surface area (Å²) in [6.45, 7) is 10.3. The van der Waals surface area contributed by atoms with Gasteiger partial charge in [0.15, 0.2) is 0 Å². The molecule has 0 amide bonds. The molecule has 4 atom stereocenters. The highest BCUT2D eigenvalue weighted by Gasteiger charge is 2.45. The summed E-state index contributed by atoms with van der Waals surface area (Å²) in [7, 11) is 0. The summed E-state index contributed by atoms with van der Waals surface area (Å²) < 4.78 is 6.04. The van der Waals surface area contributed by atoms with Gasteiger partial charge >= 0.3 is 0 Å². The average Bonchev–Trinajstić information content (AvgIpc) is 3.06. The van der Waals surface area contributed by atoms with Crippen molar-refractivity contribution in [3.8, 4) is 0 Å². The van der Waals surface area contributed by atoms with Crippen molar-refractivity contribution in [2.24, 2.45) is 11.8 Å². The number of piperazine rings is 1. The maximum atomic E-state index is 6.04. The second-order valence-electron chi connectivity index (χ2n) is 6.85. The first-order valence-corrected chi connectivity index (χ1v) is 7.77. The van der Waals surface area contributed by atoms with Crippen LogP contribution in [0.5, 0.6) is 0 Å². The normalized spacial score (nSPS) is 42.7. The lowest BCUT2D eigenvalue weighted by Gasteiger charge is -2.46. The van der Waals surface area contributed by atoms with Gasteiger partial charge in [0.1, 0.15) is 0 Å². The van der Waals surface area contributed by atoms with Crippen molar-refractivity contribution >= 4 is 0 Å². The highest BCUT2D eigenvalue weighted by molar-refractivity contribution is 4.99. The number of hydrogen-bond acceptors (Lipinski definition) is 3. The summed E-state index contributed by atoms with van der Waals surface area (Å²) in [4.78, 5) is 2.78. The Bertz CT molecular complexity index is 290. The van der Waals surface area contributed by atoms with Gasteiger partial charge in [-0.1, -0.05) is 13.8 Å². The Kier molecular flexibility index (Phi) is 3.65.